The minimum absolute atomic E-state index is 0.0228. The van der Waals surface area contributed by atoms with Gasteiger partial charge in [-0.15, -0.1) is 0 Å². The largest absolute Gasteiger partial charge is 0.408 e. The highest BCUT2D eigenvalue weighted by molar-refractivity contribution is 6.73. The lowest BCUT2D eigenvalue weighted by molar-refractivity contribution is -0.106. The first-order chi connectivity index (χ1) is 16.4. The van der Waals surface area contributed by atoms with E-state index in [1.165, 1.54) is 5.57 Å². The molecule has 0 radical (unpaired) electrons. The molecule has 0 amide bonds. The summed E-state index contributed by atoms with van der Waals surface area (Å²) >= 11 is 0. The van der Waals surface area contributed by atoms with E-state index < -0.39 is 13.9 Å². The van der Waals surface area contributed by atoms with Crippen molar-refractivity contribution < 1.29 is 14.0 Å². The van der Waals surface area contributed by atoms with Gasteiger partial charge in [0.25, 0.3) is 0 Å². The van der Waals surface area contributed by atoms with Crippen LogP contribution in [0, 0.1) is 5.41 Å². The molecule has 0 saturated carbocycles. The van der Waals surface area contributed by atoms with Crippen molar-refractivity contribution in [3.63, 3.8) is 0 Å². The third kappa shape index (κ3) is 6.52. The maximum Gasteiger partial charge on any atom is 0.192 e. The van der Waals surface area contributed by atoms with E-state index in [0.717, 1.165) is 42.8 Å². The highest BCUT2D eigenvalue weighted by Gasteiger charge is 2.69. The maximum absolute atomic E-state index is 10.6. The predicted molar refractivity (Wildman–Crippen MR) is 152 cm³/mol. The molecule has 2 bridgehead atoms. The fourth-order valence-corrected chi connectivity index (χ4v) is 9.02. The van der Waals surface area contributed by atoms with E-state index in [1.807, 2.05) is 18.2 Å². The number of carbonyl (C=O) groups is 1. The predicted octanol–water partition coefficient (Wildman–Crippen LogP) is 8.43. The second-order valence-electron chi connectivity index (χ2n) is 11.3. The van der Waals surface area contributed by atoms with Gasteiger partial charge in [0.15, 0.2) is 8.32 Å². The van der Waals surface area contributed by atoms with Crippen molar-refractivity contribution in [3.8, 4) is 0 Å². The Bertz CT molecular complexity index is 921. The summed E-state index contributed by atoms with van der Waals surface area (Å²) in [6.07, 6.45) is 21.7. The molecule has 0 aromatic rings. The SMILES string of the molecule is CC[Si](CC)(CC)O[C@]1(C)C[C@@H]2CC(C)(C)[C@@]1(/C=C/C(C)=C/C=C/C(C)=C/C=C/C=C(\C)C=O)O2. The van der Waals surface area contributed by atoms with Gasteiger partial charge in [0.05, 0.1) is 11.7 Å². The van der Waals surface area contributed by atoms with Crippen LogP contribution in [0.15, 0.2) is 71.4 Å². The summed E-state index contributed by atoms with van der Waals surface area (Å²) in [5, 5.41) is 0. The van der Waals surface area contributed by atoms with Gasteiger partial charge in [-0.3, -0.25) is 4.79 Å². The van der Waals surface area contributed by atoms with E-state index in [9.17, 15) is 4.79 Å². The highest BCUT2D eigenvalue weighted by atomic mass is 28.4. The monoisotopic (exact) mass is 496 g/mol. The molecule has 2 aliphatic heterocycles. The second-order valence-corrected chi connectivity index (χ2v) is 16.0. The van der Waals surface area contributed by atoms with Gasteiger partial charge in [0, 0.05) is 11.8 Å². The molecular formula is C31H48O3Si. The Hall–Kier alpha value is -1.75. The molecule has 0 aromatic heterocycles. The van der Waals surface area contributed by atoms with Gasteiger partial charge in [-0.25, -0.2) is 0 Å². The van der Waals surface area contributed by atoms with Crippen molar-refractivity contribution in [2.75, 3.05) is 0 Å². The average Bonchev–Trinajstić information content (AvgIpc) is 3.24. The summed E-state index contributed by atoms with van der Waals surface area (Å²) in [6, 6.07) is 3.46. The number of rotatable bonds is 12. The molecule has 3 nitrogen and oxygen atoms in total. The molecular weight excluding hydrogens is 448 g/mol. The number of hydrogen-bond donors (Lipinski definition) is 0. The number of fused-ring (bicyclic) bond motifs is 2. The lowest BCUT2D eigenvalue weighted by Crippen LogP contribution is -2.62. The van der Waals surface area contributed by atoms with Crippen molar-refractivity contribution in [2.24, 2.45) is 5.41 Å². The van der Waals surface area contributed by atoms with Crippen LogP contribution in [0.3, 0.4) is 0 Å². The Balaban J connectivity index is 2.23. The van der Waals surface area contributed by atoms with Crippen LogP contribution >= 0.6 is 0 Å². The molecule has 3 atom stereocenters. The van der Waals surface area contributed by atoms with Crippen molar-refractivity contribution in [1.29, 1.82) is 0 Å². The minimum Gasteiger partial charge on any atom is -0.408 e. The smallest absolute Gasteiger partial charge is 0.192 e. The van der Waals surface area contributed by atoms with Crippen LogP contribution in [-0.4, -0.2) is 31.9 Å². The zero-order valence-corrected chi connectivity index (χ0v) is 24.6. The summed E-state index contributed by atoms with van der Waals surface area (Å²) in [6.45, 7) is 19.9. The van der Waals surface area contributed by atoms with Crippen LogP contribution < -0.4 is 0 Å². The van der Waals surface area contributed by atoms with E-state index in [1.54, 1.807) is 13.0 Å². The Morgan fingerprint density at radius 1 is 0.857 bits per heavy atom. The lowest BCUT2D eigenvalue weighted by atomic mass is 9.61. The van der Waals surface area contributed by atoms with Gasteiger partial charge in [0.1, 0.15) is 11.9 Å². The average molecular weight is 497 g/mol. The van der Waals surface area contributed by atoms with Gasteiger partial charge in [-0.1, -0.05) is 94.4 Å². The van der Waals surface area contributed by atoms with Crippen LogP contribution in [0.25, 0.3) is 0 Å². The number of ether oxygens (including phenoxy) is 1. The standard InChI is InChI=1S/C31H48O3Si/c1-10-35(11-2,12-3)34-30(9)23-28-22-29(7,8)31(30,33-28)21-20-26(5)19-15-18-25(4)16-13-14-17-27(6)24-32/h13-21,24,28H,10-12,22-23H2,1-9H3/b14-13+,18-15+,21-20+,25-16+,26-19+,27-17+/t28-,30+,31+/m0/s1. The van der Waals surface area contributed by atoms with Crippen molar-refractivity contribution in [3.05, 3.63) is 71.4 Å². The molecule has 0 spiro atoms. The third-order valence-electron chi connectivity index (χ3n) is 8.19. The fourth-order valence-electron chi connectivity index (χ4n) is 5.89. The van der Waals surface area contributed by atoms with Gasteiger partial charge >= 0.3 is 0 Å². The van der Waals surface area contributed by atoms with E-state index >= 15 is 0 Å². The molecule has 0 aromatic carbocycles. The zero-order valence-electron chi connectivity index (χ0n) is 23.6. The maximum atomic E-state index is 10.6. The Morgan fingerprint density at radius 2 is 1.40 bits per heavy atom. The summed E-state index contributed by atoms with van der Waals surface area (Å²) in [5.74, 6) is 0. The molecule has 194 valence electrons. The van der Waals surface area contributed by atoms with Crippen molar-refractivity contribution in [1.82, 2.24) is 0 Å². The molecule has 2 heterocycles. The highest BCUT2D eigenvalue weighted by Crippen LogP contribution is 2.62. The number of allylic oxidation sites excluding steroid dienone is 11. The Morgan fingerprint density at radius 3 is 1.94 bits per heavy atom. The molecule has 0 aliphatic carbocycles. The molecule has 2 aliphatic rings. The Labute approximate surface area is 215 Å². The van der Waals surface area contributed by atoms with Crippen molar-refractivity contribution >= 4 is 14.6 Å². The normalized spacial score (nSPS) is 29.9. The van der Waals surface area contributed by atoms with Crippen LogP contribution in [0.1, 0.15) is 75.2 Å². The quantitative estimate of drug-likeness (QED) is 0.118. The number of carbonyl (C=O) groups excluding carboxylic acids is 1. The van der Waals surface area contributed by atoms with E-state index in [2.05, 4.69) is 85.8 Å². The minimum atomic E-state index is -1.79. The van der Waals surface area contributed by atoms with Gasteiger partial charge in [0.2, 0.25) is 0 Å². The Kier molecular flexibility index (Phi) is 10.1. The molecule has 35 heavy (non-hydrogen) atoms. The second kappa shape index (κ2) is 12.0. The van der Waals surface area contributed by atoms with Crippen LogP contribution in [-0.2, 0) is 14.0 Å². The first-order valence-corrected chi connectivity index (χ1v) is 15.8. The lowest BCUT2D eigenvalue weighted by Gasteiger charge is -2.52. The molecule has 4 heteroatoms. The summed E-state index contributed by atoms with van der Waals surface area (Å²) < 4.78 is 14.0. The van der Waals surface area contributed by atoms with Gasteiger partial charge < -0.3 is 9.16 Å². The molecule has 0 N–H and O–H groups in total. The third-order valence-corrected chi connectivity index (χ3v) is 12.9. The van der Waals surface area contributed by atoms with E-state index in [4.69, 9.17) is 9.16 Å². The van der Waals surface area contributed by atoms with Gasteiger partial charge in [-0.05, 0) is 63.9 Å². The number of aldehydes is 1. The zero-order chi connectivity index (χ0) is 26.3. The molecule has 2 fully saturated rings. The topological polar surface area (TPSA) is 35.5 Å². The molecule has 2 saturated heterocycles. The summed E-state index contributed by atoms with van der Waals surface area (Å²) in [5.41, 5.74) is 2.37. The van der Waals surface area contributed by atoms with Crippen LogP contribution in [0.5, 0.6) is 0 Å². The number of hydrogen-bond acceptors (Lipinski definition) is 3. The first kappa shape index (κ1) is 29.5. The van der Waals surface area contributed by atoms with Crippen LogP contribution in [0.4, 0.5) is 0 Å². The first-order valence-electron chi connectivity index (χ1n) is 13.3. The molecule has 0 unspecified atom stereocenters. The summed E-state index contributed by atoms with van der Waals surface area (Å²) in [7, 11) is -1.79. The van der Waals surface area contributed by atoms with Crippen LogP contribution in [0.2, 0.25) is 18.1 Å². The van der Waals surface area contributed by atoms with Gasteiger partial charge in [-0.2, -0.15) is 0 Å². The van der Waals surface area contributed by atoms with E-state index in [-0.39, 0.29) is 17.1 Å². The fraction of sp³-hybridized carbons (Fsp3) is 0.581. The molecule has 2 rings (SSSR count). The summed E-state index contributed by atoms with van der Waals surface area (Å²) in [4.78, 5) is 10.6. The van der Waals surface area contributed by atoms with E-state index in [0.29, 0.717) is 5.57 Å². The van der Waals surface area contributed by atoms with Crippen molar-refractivity contribution in [2.45, 2.75) is 111 Å².